The molecule has 1 N–H and O–H groups in total. The Morgan fingerprint density at radius 3 is 2.86 bits per heavy atom. The van der Waals surface area contributed by atoms with Gasteiger partial charge >= 0.3 is 0 Å². The van der Waals surface area contributed by atoms with Gasteiger partial charge in [0.05, 0.1) is 5.75 Å². The minimum atomic E-state index is -2.96. The van der Waals surface area contributed by atoms with Crippen molar-refractivity contribution in [3.63, 3.8) is 0 Å². The first-order chi connectivity index (χ1) is 6.64. The summed E-state index contributed by atoms with van der Waals surface area (Å²) < 4.78 is 25.0. The summed E-state index contributed by atoms with van der Waals surface area (Å²) in [6, 6.07) is 0. The summed E-state index contributed by atoms with van der Waals surface area (Å²) in [6.07, 6.45) is 3.15. The molecule has 0 bridgehead atoms. The molecule has 0 amide bonds. The Hall–Kier alpha value is -0.130. The molecule has 1 fully saturated rings. The maximum absolute atomic E-state index is 11.2. The molecular formula is C9H20N2O2S. The van der Waals surface area contributed by atoms with Crippen LogP contribution in [0.5, 0.6) is 0 Å². The lowest BCUT2D eigenvalue weighted by Crippen LogP contribution is -2.40. The zero-order chi connectivity index (χ0) is 10.4. The predicted molar refractivity (Wildman–Crippen MR) is 57.8 cm³/mol. The van der Waals surface area contributed by atoms with Gasteiger partial charge in [0.1, 0.15) is 0 Å². The lowest BCUT2D eigenvalue weighted by Gasteiger charge is -2.24. The molecule has 84 valence electrons. The van der Waals surface area contributed by atoms with Crippen LogP contribution in [-0.2, 0) is 10.0 Å². The second-order valence-electron chi connectivity index (χ2n) is 3.76. The first kappa shape index (κ1) is 11.9. The van der Waals surface area contributed by atoms with Crippen LogP contribution in [0.1, 0.15) is 26.2 Å². The zero-order valence-corrected chi connectivity index (χ0v) is 9.65. The summed E-state index contributed by atoms with van der Waals surface area (Å²) in [5.74, 6) is 0.273. The van der Waals surface area contributed by atoms with Crippen molar-refractivity contribution < 1.29 is 8.42 Å². The molecule has 0 unspecified atom stereocenters. The minimum absolute atomic E-state index is 0.273. The third kappa shape index (κ3) is 4.39. The highest BCUT2D eigenvalue weighted by molar-refractivity contribution is 7.89. The van der Waals surface area contributed by atoms with Crippen molar-refractivity contribution in [2.45, 2.75) is 26.2 Å². The Morgan fingerprint density at radius 1 is 1.36 bits per heavy atom. The molecule has 0 saturated carbocycles. The van der Waals surface area contributed by atoms with Crippen molar-refractivity contribution in [1.82, 2.24) is 9.62 Å². The fourth-order valence-corrected chi connectivity index (χ4v) is 2.68. The smallest absolute Gasteiger partial charge is 0.211 e. The number of nitrogens with zero attached hydrogens (tertiary/aromatic N) is 1. The second-order valence-corrected chi connectivity index (χ2v) is 5.69. The van der Waals surface area contributed by atoms with E-state index >= 15 is 0 Å². The number of rotatable bonds is 3. The second kappa shape index (κ2) is 5.68. The average molecular weight is 220 g/mol. The molecule has 0 aliphatic carbocycles. The van der Waals surface area contributed by atoms with Gasteiger partial charge in [0.25, 0.3) is 0 Å². The normalized spacial score (nSPS) is 24.1. The molecule has 5 heteroatoms. The van der Waals surface area contributed by atoms with Gasteiger partial charge in [-0.15, -0.1) is 0 Å². The van der Waals surface area contributed by atoms with Gasteiger partial charge in [0.15, 0.2) is 0 Å². The number of hydrogen-bond donors (Lipinski definition) is 1. The molecule has 1 aliphatic heterocycles. The fourth-order valence-electron chi connectivity index (χ4n) is 1.63. The van der Waals surface area contributed by atoms with Gasteiger partial charge in [-0.1, -0.05) is 13.3 Å². The molecule has 0 aromatic rings. The van der Waals surface area contributed by atoms with Gasteiger partial charge in [0.2, 0.25) is 10.0 Å². The average Bonchev–Trinajstić information content (AvgIpc) is 2.10. The van der Waals surface area contributed by atoms with E-state index < -0.39 is 10.0 Å². The van der Waals surface area contributed by atoms with E-state index in [1.54, 1.807) is 0 Å². The Kier molecular flexibility index (Phi) is 4.84. The quantitative estimate of drug-likeness (QED) is 0.749. The van der Waals surface area contributed by atoms with Crippen molar-refractivity contribution in [2.75, 3.05) is 31.9 Å². The number of nitrogens with one attached hydrogen (secondary N) is 1. The molecule has 1 aliphatic rings. The van der Waals surface area contributed by atoms with Gasteiger partial charge in [-0.2, -0.15) is 0 Å². The molecule has 0 spiro atoms. The molecule has 14 heavy (non-hydrogen) atoms. The van der Waals surface area contributed by atoms with Crippen LogP contribution in [-0.4, -0.2) is 45.2 Å². The lowest BCUT2D eigenvalue weighted by atomic mass is 10.3. The molecule has 1 heterocycles. The Bertz CT molecular complexity index is 236. The van der Waals surface area contributed by atoms with Crippen LogP contribution in [0.4, 0.5) is 0 Å². The van der Waals surface area contributed by atoms with Crippen molar-refractivity contribution in [3.05, 3.63) is 0 Å². The highest BCUT2D eigenvalue weighted by atomic mass is 32.2. The van der Waals surface area contributed by atoms with Gasteiger partial charge in [-0.25, -0.2) is 13.1 Å². The first-order valence-corrected chi connectivity index (χ1v) is 6.99. The van der Waals surface area contributed by atoms with Crippen molar-refractivity contribution >= 4 is 10.0 Å². The summed E-state index contributed by atoms with van der Waals surface area (Å²) in [6.45, 7) is 5.59. The van der Waals surface area contributed by atoms with Crippen LogP contribution in [0.25, 0.3) is 0 Å². The third-order valence-corrected chi connectivity index (χ3v) is 3.94. The summed E-state index contributed by atoms with van der Waals surface area (Å²) in [5, 5.41) is 0. The van der Waals surface area contributed by atoms with E-state index in [0.29, 0.717) is 6.54 Å². The highest BCUT2D eigenvalue weighted by Gasteiger charge is 2.15. The van der Waals surface area contributed by atoms with Crippen LogP contribution in [0.2, 0.25) is 0 Å². The fraction of sp³-hybridized carbons (Fsp3) is 1.00. The van der Waals surface area contributed by atoms with Crippen molar-refractivity contribution in [3.8, 4) is 0 Å². The maximum Gasteiger partial charge on any atom is 0.211 e. The monoisotopic (exact) mass is 220 g/mol. The van der Waals surface area contributed by atoms with Gasteiger partial charge in [-0.05, 0) is 25.9 Å². The molecule has 1 rings (SSSR count). The minimum Gasteiger partial charge on any atom is -0.302 e. The Balaban J connectivity index is 2.33. The van der Waals surface area contributed by atoms with E-state index in [9.17, 15) is 8.42 Å². The summed E-state index contributed by atoms with van der Waals surface area (Å²) in [4.78, 5) is 2.34. The largest absolute Gasteiger partial charge is 0.302 e. The van der Waals surface area contributed by atoms with Crippen LogP contribution in [0, 0.1) is 0 Å². The summed E-state index contributed by atoms with van der Waals surface area (Å²) in [7, 11) is -2.96. The molecular weight excluding hydrogens is 200 g/mol. The lowest BCUT2D eigenvalue weighted by molar-refractivity contribution is 0.271. The van der Waals surface area contributed by atoms with E-state index in [0.717, 1.165) is 26.1 Å². The molecule has 0 aromatic carbocycles. The SMILES string of the molecule is CCCCN1CCCS(=O)(=O)NCC1. The predicted octanol–water partition coefficient (Wildman–Crippen LogP) is 0.412. The van der Waals surface area contributed by atoms with Crippen molar-refractivity contribution in [2.24, 2.45) is 0 Å². The van der Waals surface area contributed by atoms with E-state index in [1.807, 2.05) is 0 Å². The zero-order valence-electron chi connectivity index (χ0n) is 8.83. The maximum atomic E-state index is 11.2. The number of hydrogen-bond acceptors (Lipinski definition) is 3. The topological polar surface area (TPSA) is 49.4 Å². The first-order valence-electron chi connectivity index (χ1n) is 5.34. The van der Waals surface area contributed by atoms with Crippen LogP contribution in [0.15, 0.2) is 0 Å². The van der Waals surface area contributed by atoms with E-state index in [1.165, 1.54) is 12.8 Å². The van der Waals surface area contributed by atoms with E-state index in [2.05, 4.69) is 16.5 Å². The standard InChI is InChI=1S/C9H20N2O2S/c1-2-3-6-11-7-4-9-14(12,13)10-5-8-11/h10H,2-9H2,1H3. The third-order valence-electron chi connectivity index (χ3n) is 2.47. The Labute approximate surface area is 86.7 Å². The van der Waals surface area contributed by atoms with Crippen LogP contribution in [0.3, 0.4) is 0 Å². The number of sulfonamides is 1. The van der Waals surface area contributed by atoms with E-state index in [4.69, 9.17) is 0 Å². The summed E-state index contributed by atoms with van der Waals surface area (Å²) >= 11 is 0. The highest BCUT2D eigenvalue weighted by Crippen LogP contribution is 2.01. The van der Waals surface area contributed by atoms with Gasteiger partial charge in [0, 0.05) is 13.1 Å². The van der Waals surface area contributed by atoms with Gasteiger partial charge in [-0.3, -0.25) is 0 Å². The molecule has 0 radical (unpaired) electrons. The van der Waals surface area contributed by atoms with Gasteiger partial charge < -0.3 is 4.90 Å². The summed E-state index contributed by atoms with van der Waals surface area (Å²) in [5.41, 5.74) is 0. The van der Waals surface area contributed by atoms with Crippen LogP contribution >= 0.6 is 0 Å². The van der Waals surface area contributed by atoms with Crippen molar-refractivity contribution in [1.29, 1.82) is 0 Å². The van der Waals surface area contributed by atoms with Crippen LogP contribution < -0.4 is 4.72 Å². The molecule has 0 atom stereocenters. The molecule has 0 aromatic heterocycles. The van der Waals surface area contributed by atoms with E-state index in [-0.39, 0.29) is 5.75 Å². The Morgan fingerprint density at radius 2 is 2.14 bits per heavy atom. The molecule has 1 saturated heterocycles. The molecule has 4 nitrogen and oxygen atoms in total. The number of unbranched alkanes of at least 4 members (excludes halogenated alkanes) is 1.